The zero-order valence-electron chi connectivity index (χ0n) is 22.1. The molecule has 8 nitrogen and oxygen atoms in total. The minimum Gasteiger partial charge on any atom is -0.477 e. The molecule has 2 aromatic heterocycles. The molecule has 4 rings (SSSR count). The van der Waals surface area contributed by atoms with E-state index in [1.54, 1.807) is 28.6 Å². The Kier molecular flexibility index (Phi) is 8.08. The van der Waals surface area contributed by atoms with Crippen LogP contribution in [0.2, 0.25) is 0 Å². The Labute approximate surface area is 221 Å². The summed E-state index contributed by atoms with van der Waals surface area (Å²) in [6, 6.07) is 12.7. The Hall–Kier alpha value is -3.82. The Morgan fingerprint density at radius 2 is 1.95 bits per heavy atom. The highest BCUT2D eigenvalue weighted by Crippen LogP contribution is 2.48. The van der Waals surface area contributed by atoms with Gasteiger partial charge >= 0.3 is 0 Å². The first-order valence-corrected chi connectivity index (χ1v) is 12.8. The molecule has 0 radical (unpaired) electrons. The Bertz CT molecular complexity index is 1280. The molecule has 1 aliphatic carbocycles. The first kappa shape index (κ1) is 27.2. The number of hydrogen-bond acceptors (Lipinski definition) is 5. The Balaban J connectivity index is 1.90. The van der Waals surface area contributed by atoms with Crippen molar-refractivity contribution in [2.24, 2.45) is 5.92 Å². The number of anilines is 1. The van der Waals surface area contributed by atoms with Crippen LogP contribution in [0, 0.1) is 5.92 Å². The van der Waals surface area contributed by atoms with Gasteiger partial charge in [-0.25, -0.2) is 18.7 Å². The van der Waals surface area contributed by atoms with E-state index in [-0.39, 0.29) is 48.9 Å². The fraction of sp³-hybridized carbons (Fsp3) is 0.429. The molecular formula is C28H33F2N5O3. The summed E-state index contributed by atoms with van der Waals surface area (Å²) in [5, 5.41) is 0. The summed E-state index contributed by atoms with van der Waals surface area (Å²) in [5.74, 6) is -3.15. The fourth-order valence-electron chi connectivity index (χ4n) is 4.30. The van der Waals surface area contributed by atoms with Crippen LogP contribution in [0.4, 0.5) is 14.6 Å². The third-order valence-electron chi connectivity index (χ3n) is 6.54. The normalized spacial score (nSPS) is 15.8. The molecule has 0 saturated heterocycles. The van der Waals surface area contributed by atoms with Gasteiger partial charge in [0.15, 0.2) is 11.5 Å². The van der Waals surface area contributed by atoms with Crippen LogP contribution < -0.4 is 9.64 Å². The molecule has 0 spiro atoms. The lowest BCUT2D eigenvalue weighted by molar-refractivity contribution is -0.107. The van der Waals surface area contributed by atoms with Gasteiger partial charge in [0.25, 0.3) is 11.8 Å². The van der Waals surface area contributed by atoms with Crippen LogP contribution in [0.25, 0.3) is 11.4 Å². The second-order valence-electron chi connectivity index (χ2n) is 9.84. The number of pyridine rings is 1. The molecule has 38 heavy (non-hydrogen) atoms. The second-order valence-corrected chi connectivity index (χ2v) is 9.84. The monoisotopic (exact) mass is 525 g/mol. The van der Waals surface area contributed by atoms with Crippen molar-refractivity contribution < 1.29 is 23.1 Å². The van der Waals surface area contributed by atoms with E-state index in [0.717, 1.165) is 12.0 Å². The maximum Gasteiger partial charge on any atom is 0.274 e. The zero-order valence-corrected chi connectivity index (χ0v) is 22.1. The zero-order chi connectivity index (χ0) is 27.4. The molecule has 0 bridgehead atoms. The quantitative estimate of drug-likeness (QED) is 0.315. The number of ether oxygens (including phenoxy) is 1. The lowest BCUT2D eigenvalue weighted by Gasteiger charge is -2.23. The number of rotatable bonds is 12. The van der Waals surface area contributed by atoms with Crippen LogP contribution >= 0.6 is 0 Å². The van der Waals surface area contributed by atoms with Gasteiger partial charge in [0.05, 0.1) is 18.1 Å². The summed E-state index contributed by atoms with van der Waals surface area (Å²) in [5.41, 5.74) is 1.61. The van der Waals surface area contributed by atoms with Gasteiger partial charge < -0.3 is 14.2 Å². The van der Waals surface area contributed by atoms with E-state index in [0.29, 0.717) is 24.3 Å². The van der Waals surface area contributed by atoms with E-state index in [4.69, 9.17) is 9.72 Å². The highest BCUT2D eigenvalue weighted by molar-refractivity contribution is 6.00. The summed E-state index contributed by atoms with van der Waals surface area (Å²) in [6.07, 6.45) is 2.72. The molecular weight excluding hydrogens is 492 g/mol. The van der Waals surface area contributed by atoms with Gasteiger partial charge in [-0.1, -0.05) is 37.3 Å². The minimum atomic E-state index is -2.72. The molecule has 1 saturated carbocycles. The van der Waals surface area contributed by atoms with Gasteiger partial charge in [0.1, 0.15) is 5.82 Å². The SMILES string of the molecule is CCCN(C)C(=O)c1c(N(C=O)C(C)C)nc(-c2cccnc2OCC2CC2(F)F)n1Cc1ccccc1. The standard InChI is InChI=1S/C28H33F2N5O3/c1-5-14-33(4)27(37)23-25(35(18-36)19(2)3)32-24(34(23)16-20-10-7-6-8-11-20)22-12-9-13-31-26(22)38-17-21-15-28(21,29)30/h6-13,18-19,21H,5,14-17H2,1-4H3. The molecule has 202 valence electrons. The largest absolute Gasteiger partial charge is 0.477 e. The van der Waals surface area contributed by atoms with Gasteiger partial charge in [0, 0.05) is 38.8 Å². The lowest BCUT2D eigenvalue weighted by atomic mass is 10.2. The number of carbonyl (C=O) groups excluding carboxylic acids is 2. The Morgan fingerprint density at radius 3 is 2.55 bits per heavy atom. The summed E-state index contributed by atoms with van der Waals surface area (Å²) < 4.78 is 34.6. The molecule has 1 aromatic carbocycles. The van der Waals surface area contributed by atoms with Crippen molar-refractivity contribution in [3.8, 4) is 17.3 Å². The lowest BCUT2D eigenvalue weighted by Crippen LogP contribution is -2.35. The van der Waals surface area contributed by atoms with E-state index in [2.05, 4.69) is 4.98 Å². The van der Waals surface area contributed by atoms with Crippen LogP contribution in [0.3, 0.4) is 0 Å². The van der Waals surface area contributed by atoms with Gasteiger partial charge in [0.2, 0.25) is 12.3 Å². The summed E-state index contributed by atoms with van der Waals surface area (Å²) in [6.45, 7) is 6.27. The van der Waals surface area contributed by atoms with Gasteiger partial charge in [-0.15, -0.1) is 0 Å². The van der Waals surface area contributed by atoms with Crippen LogP contribution in [-0.4, -0.2) is 63.9 Å². The highest BCUT2D eigenvalue weighted by atomic mass is 19.3. The number of carbonyl (C=O) groups is 2. The maximum absolute atomic E-state index is 13.8. The number of imidazole rings is 1. The molecule has 2 heterocycles. The topological polar surface area (TPSA) is 80.6 Å². The van der Waals surface area contributed by atoms with Gasteiger partial charge in [-0.3, -0.25) is 14.5 Å². The number of halogens is 2. The van der Waals surface area contributed by atoms with Crippen molar-refractivity contribution in [3.63, 3.8) is 0 Å². The third kappa shape index (κ3) is 5.69. The molecule has 1 fully saturated rings. The van der Waals surface area contributed by atoms with E-state index in [1.807, 2.05) is 51.1 Å². The first-order valence-electron chi connectivity index (χ1n) is 12.8. The molecule has 2 amide bonds. The van der Waals surface area contributed by atoms with Crippen LogP contribution in [0.1, 0.15) is 49.7 Å². The number of amides is 2. The molecule has 0 N–H and O–H groups in total. The minimum absolute atomic E-state index is 0.143. The molecule has 3 aromatic rings. The molecule has 0 aliphatic heterocycles. The smallest absolute Gasteiger partial charge is 0.274 e. The van der Waals surface area contributed by atoms with Crippen molar-refractivity contribution in [1.29, 1.82) is 0 Å². The summed E-state index contributed by atoms with van der Waals surface area (Å²) in [4.78, 5) is 38.1. The summed E-state index contributed by atoms with van der Waals surface area (Å²) in [7, 11) is 1.71. The van der Waals surface area contributed by atoms with E-state index < -0.39 is 11.8 Å². The number of benzene rings is 1. The average molecular weight is 526 g/mol. The van der Waals surface area contributed by atoms with Crippen LogP contribution in [0.5, 0.6) is 5.88 Å². The maximum atomic E-state index is 13.8. The number of alkyl halides is 2. The molecule has 1 unspecified atom stereocenters. The van der Waals surface area contributed by atoms with Crippen LogP contribution in [0.15, 0.2) is 48.7 Å². The first-order chi connectivity index (χ1) is 18.2. The molecule has 1 atom stereocenters. The van der Waals surface area contributed by atoms with Crippen LogP contribution in [-0.2, 0) is 11.3 Å². The highest BCUT2D eigenvalue weighted by Gasteiger charge is 2.57. The van der Waals surface area contributed by atoms with Crippen molar-refractivity contribution in [3.05, 3.63) is 59.9 Å². The van der Waals surface area contributed by atoms with Gasteiger partial charge in [-0.2, -0.15) is 0 Å². The van der Waals surface area contributed by atoms with Crippen molar-refractivity contribution >= 4 is 18.1 Å². The van der Waals surface area contributed by atoms with Gasteiger partial charge in [-0.05, 0) is 38.0 Å². The van der Waals surface area contributed by atoms with Crippen molar-refractivity contribution in [2.75, 3.05) is 25.1 Å². The third-order valence-corrected chi connectivity index (χ3v) is 6.54. The van der Waals surface area contributed by atoms with E-state index in [1.165, 1.54) is 11.1 Å². The predicted molar refractivity (Wildman–Crippen MR) is 140 cm³/mol. The van der Waals surface area contributed by atoms with E-state index in [9.17, 15) is 18.4 Å². The second kappa shape index (κ2) is 11.3. The fourth-order valence-corrected chi connectivity index (χ4v) is 4.30. The van der Waals surface area contributed by atoms with Crippen molar-refractivity contribution in [2.45, 2.75) is 52.1 Å². The number of aromatic nitrogens is 3. The molecule has 1 aliphatic rings. The van der Waals surface area contributed by atoms with Crippen molar-refractivity contribution in [1.82, 2.24) is 19.4 Å². The molecule has 10 heteroatoms. The number of nitrogens with zero attached hydrogens (tertiary/aromatic N) is 5. The summed E-state index contributed by atoms with van der Waals surface area (Å²) >= 11 is 0. The Morgan fingerprint density at radius 1 is 1.24 bits per heavy atom. The van der Waals surface area contributed by atoms with E-state index >= 15 is 0 Å². The number of hydrogen-bond donors (Lipinski definition) is 0. The predicted octanol–water partition coefficient (Wildman–Crippen LogP) is 4.88. The average Bonchev–Trinajstić information content (AvgIpc) is 3.36.